The van der Waals surface area contributed by atoms with Gasteiger partial charge in [0.15, 0.2) is 11.5 Å². The minimum absolute atomic E-state index is 0.452. The number of nitriles is 1. The van der Waals surface area contributed by atoms with Crippen LogP contribution in [0, 0.1) is 11.3 Å². The third-order valence-electron chi connectivity index (χ3n) is 2.57. The molecular weight excluding hydrogens is 216 g/mol. The molecule has 0 bridgehead atoms. The first kappa shape index (κ1) is 13.3. The molecule has 4 nitrogen and oxygen atoms in total. The molecule has 0 saturated heterocycles. The molecule has 0 spiro atoms. The van der Waals surface area contributed by atoms with Crippen molar-refractivity contribution in [3.63, 3.8) is 0 Å². The molecule has 0 heterocycles. The first-order valence-corrected chi connectivity index (χ1v) is 5.47. The van der Waals surface area contributed by atoms with E-state index in [0.29, 0.717) is 6.54 Å². The number of methoxy groups -OCH3 is 2. The topological polar surface area (TPSA) is 45.5 Å². The third kappa shape index (κ3) is 3.97. The normalized spacial score (nSPS) is 10.1. The number of nitrogens with zero attached hydrogens (tertiary/aromatic N) is 2. The molecule has 0 radical (unpaired) electrons. The van der Waals surface area contributed by atoms with Gasteiger partial charge in [0, 0.05) is 6.54 Å². The highest BCUT2D eigenvalue weighted by atomic mass is 16.5. The number of hydrogen-bond acceptors (Lipinski definition) is 4. The zero-order valence-corrected chi connectivity index (χ0v) is 10.6. The van der Waals surface area contributed by atoms with Gasteiger partial charge in [0.05, 0.1) is 26.8 Å². The Hall–Kier alpha value is -1.73. The van der Waals surface area contributed by atoms with Crippen molar-refractivity contribution in [2.45, 2.75) is 6.42 Å². The fraction of sp³-hybridized carbons (Fsp3) is 0.462. The first-order chi connectivity index (χ1) is 8.21. The summed E-state index contributed by atoms with van der Waals surface area (Å²) in [5.41, 5.74) is 1.17. The average molecular weight is 234 g/mol. The lowest BCUT2D eigenvalue weighted by Gasteiger charge is -2.13. The fourth-order valence-corrected chi connectivity index (χ4v) is 1.56. The number of ether oxygens (including phenoxy) is 2. The molecule has 0 N–H and O–H groups in total. The van der Waals surface area contributed by atoms with Crippen LogP contribution in [0.25, 0.3) is 0 Å². The van der Waals surface area contributed by atoms with Gasteiger partial charge in [-0.05, 0) is 31.2 Å². The zero-order valence-electron chi connectivity index (χ0n) is 10.6. The standard InChI is InChI=1S/C13H18N2O2/c1-15(9-7-14)8-6-11-4-5-12(16-2)13(10-11)17-3/h4-5,10H,6,8-9H2,1-3H3. The van der Waals surface area contributed by atoms with Gasteiger partial charge in [-0.15, -0.1) is 0 Å². The molecule has 1 rings (SSSR count). The summed E-state index contributed by atoms with van der Waals surface area (Å²) in [6.07, 6.45) is 0.887. The molecule has 0 saturated carbocycles. The summed E-state index contributed by atoms with van der Waals surface area (Å²) < 4.78 is 10.4. The van der Waals surface area contributed by atoms with Crippen LogP contribution in [0.4, 0.5) is 0 Å². The Morgan fingerprint density at radius 1 is 1.24 bits per heavy atom. The second-order valence-corrected chi connectivity index (χ2v) is 3.84. The van der Waals surface area contributed by atoms with Crippen molar-refractivity contribution in [3.8, 4) is 17.6 Å². The van der Waals surface area contributed by atoms with E-state index in [1.54, 1.807) is 14.2 Å². The second-order valence-electron chi connectivity index (χ2n) is 3.84. The first-order valence-electron chi connectivity index (χ1n) is 5.47. The molecule has 0 atom stereocenters. The van der Waals surface area contributed by atoms with Gasteiger partial charge >= 0.3 is 0 Å². The van der Waals surface area contributed by atoms with Crippen molar-refractivity contribution in [1.29, 1.82) is 5.26 Å². The Bertz CT molecular complexity index is 399. The summed E-state index contributed by atoms with van der Waals surface area (Å²) in [6, 6.07) is 8.01. The molecule has 4 heteroatoms. The van der Waals surface area contributed by atoms with Gasteiger partial charge in [0.2, 0.25) is 0 Å². The van der Waals surface area contributed by atoms with E-state index in [2.05, 4.69) is 6.07 Å². The van der Waals surface area contributed by atoms with E-state index >= 15 is 0 Å². The van der Waals surface area contributed by atoms with E-state index in [1.807, 2.05) is 30.1 Å². The van der Waals surface area contributed by atoms with Crippen molar-refractivity contribution < 1.29 is 9.47 Å². The molecule has 0 aromatic heterocycles. The van der Waals surface area contributed by atoms with Gasteiger partial charge < -0.3 is 9.47 Å². The molecule has 17 heavy (non-hydrogen) atoms. The molecule has 0 fully saturated rings. The van der Waals surface area contributed by atoms with E-state index < -0.39 is 0 Å². The predicted octanol–water partition coefficient (Wildman–Crippen LogP) is 1.70. The van der Waals surface area contributed by atoms with Gasteiger partial charge in [0.1, 0.15) is 0 Å². The molecule has 1 aromatic rings. The fourth-order valence-electron chi connectivity index (χ4n) is 1.56. The van der Waals surface area contributed by atoms with Gasteiger partial charge in [-0.2, -0.15) is 5.26 Å². The zero-order chi connectivity index (χ0) is 12.7. The lowest BCUT2D eigenvalue weighted by Crippen LogP contribution is -2.21. The van der Waals surface area contributed by atoms with Crippen LogP contribution in [0.3, 0.4) is 0 Å². The molecule has 0 aliphatic heterocycles. The molecule has 0 unspecified atom stereocenters. The second kappa shape index (κ2) is 6.77. The maximum Gasteiger partial charge on any atom is 0.160 e. The van der Waals surface area contributed by atoms with Crippen LogP contribution in [0.15, 0.2) is 18.2 Å². The van der Waals surface area contributed by atoms with E-state index in [-0.39, 0.29) is 0 Å². The van der Waals surface area contributed by atoms with E-state index in [4.69, 9.17) is 14.7 Å². The summed E-state index contributed by atoms with van der Waals surface area (Å²) in [6.45, 7) is 1.30. The highest BCUT2D eigenvalue weighted by Crippen LogP contribution is 2.27. The monoisotopic (exact) mass is 234 g/mol. The van der Waals surface area contributed by atoms with E-state index in [0.717, 1.165) is 24.5 Å². The molecular formula is C13H18N2O2. The Kier molecular flexibility index (Phi) is 5.31. The number of benzene rings is 1. The maximum absolute atomic E-state index is 8.56. The van der Waals surface area contributed by atoms with Gasteiger partial charge in [0.25, 0.3) is 0 Å². The van der Waals surface area contributed by atoms with Crippen molar-refractivity contribution in [2.24, 2.45) is 0 Å². The largest absolute Gasteiger partial charge is 0.493 e. The van der Waals surface area contributed by atoms with E-state index in [9.17, 15) is 0 Å². The smallest absolute Gasteiger partial charge is 0.160 e. The Morgan fingerprint density at radius 2 is 1.94 bits per heavy atom. The summed E-state index contributed by atoms with van der Waals surface area (Å²) in [4.78, 5) is 1.98. The molecule has 0 aliphatic rings. The Balaban J connectivity index is 2.63. The highest BCUT2D eigenvalue weighted by Gasteiger charge is 2.05. The van der Waals surface area contributed by atoms with Crippen LogP contribution in [0.2, 0.25) is 0 Å². The number of rotatable bonds is 6. The molecule has 0 aliphatic carbocycles. The molecule has 1 aromatic carbocycles. The SMILES string of the molecule is COc1ccc(CCN(C)CC#N)cc1OC. The number of likely N-dealkylation sites (N-methyl/N-ethyl adjacent to an activating group) is 1. The van der Waals surface area contributed by atoms with Gasteiger partial charge in [-0.25, -0.2) is 0 Å². The maximum atomic E-state index is 8.56. The minimum atomic E-state index is 0.452. The van der Waals surface area contributed by atoms with Crippen LogP contribution in [-0.2, 0) is 6.42 Å². The summed E-state index contributed by atoms with van der Waals surface area (Å²) in [5, 5.41) is 8.56. The lowest BCUT2D eigenvalue weighted by molar-refractivity contribution is 0.353. The highest BCUT2D eigenvalue weighted by molar-refractivity contribution is 5.42. The van der Waals surface area contributed by atoms with Crippen molar-refractivity contribution in [3.05, 3.63) is 23.8 Å². The van der Waals surface area contributed by atoms with Crippen LogP contribution in [0.1, 0.15) is 5.56 Å². The van der Waals surface area contributed by atoms with Crippen molar-refractivity contribution in [2.75, 3.05) is 34.4 Å². The van der Waals surface area contributed by atoms with Crippen LogP contribution in [-0.4, -0.2) is 39.3 Å². The van der Waals surface area contributed by atoms with Crippen LogP contribution >= 0.6 is 0 Å². The van der Waals surface area contributed by atoms with Crippen LogP contribution in [0.5, 0.6) is 11.5 Å². The van der Waals surface area contributed by atoms with Gasteiger partial charge in [-0.1, -0.05) is 6.07 Å². The van der Waals surface area contributed by atoms with Crippen molar-refractivity contribution in [1.82, 2.24) is 4.90 Å². The van der Waals surface area contributed by atoms with Gasteiger partial charge in [-0.3, -0.25) is 4.90 Å². The Morgan fingerprint density at radius 3 is 2.53 bits per heavy atom. The predicted molar refractivity (Wildman–Crippen MR) is 66.4 cm³/mol. The minimum Gasteiger partial charge on any atom is -0.493 e. The lowest BCUT2D eigenvalue weighted by atomic mass is 10.1. The third-order valence-corrected chi connectivity index (χ3v) is 2.57. The quantitative estimate of drug-likeness (QED) is 0.703. The summed E-state index contributed by atoms with van der Waals surface area (Å²) >= 11 is 0. The molecule has 0 amide bonds. The van der Waals surface area contributed by atoms with E-state index in [1.165, 1.54) is 5.56 Å². The average Bonchev–Trinajstić information content (AvgIpc) is 2.36. The van der Waals surface area contributed by atoms with Crippen LogP contribution < -0.4 is 9.47 Å². The number of hydrogen-bond donors (Lipinski definition) is 0. The molecule has 92 valence electrons. The summed E-state index contributed by atoms with van der Waals surface area (Å²) in [7, 11) is 5.19. The Labute approximate surface area is 102 Å². The summed E-state index contributed by atoms with van der Waals surface area (Å²) in [5.74, 6) is 1.48. The van der Waals surface area contributed by atoms with Crippen molar-refractivity contribution >= 4 is 0 Å².